The lowest BCUT2D eigenvalue weighted by atomic mass is 9.99. The Balaban J connectivity index is 0.984. The number of H-pyrrole nitrogens is 2. The summed E-state index contributed by atoms with van der Waals surface area (Å²) in [6.07, 6.45) is 5.73. The second-order valence-corrected chi connectivity index (χ2v) is 17.3. The molecule has 1 spiro atoms. The molecule has 2 aromatic heterocycles. The zero-order valence-corrected chi connectivity index (χ0v) is 35.8. The second kappa shape index (κ2) is 17.4. The van der Waals surface area contributed by atoms with Crippen molar-refractivity contribution in [2.24, 2.45) is 11.8 Å². The van der Waals surface area contributed by atoms with Crippen LogP contribution in [0.15, 0.2) is 54.7 Å². The number of hydrogen-bond acceptors (Lipinski definition) is 9. The number of likely N-dealkylation sites (tertiary alicyclic amines) is 2. The van der Waals surface area contributed by atoms with Gasteiger partial charge in [0.2, 0.25) is 11.8 Å². The molecule has 15 nitrogen and oxygen atoms in total. The summed E-state index contributed by atoms with van der Waals surface area (Å²) in [6, 6.07) is 14.9. The molecule has 8 rings (SSSR count). The number of imidazole rings is 1. The van der Waals surface area contributed by atoms with Crippen molar-refractivity contribution in [2.75, 3.05) is 40.5 Å². The topological polar surface area (TPSA) is 180 Å². The molecule has 5 heterocycles. The van der Waals surface area contributed by atoms with Crippen LogP contribution in [-0.4, -0.2) is 107 Å². The maximum absolute atomic E-state index is 14.0. The van der Waals surface area contributed by atoms with Crippen LogP contribution in [0.2, 0.25) is 0 Å². The summed E-state index contributed by atoms with van der Waals surface area (Å²) in [5, 5.41) is 5.47. The van der Waals surface area contributed by atoms with Gasteiger partial charge in [0.25, 0.3) is 0 Å². The number of aromatic amines is 2. The van der Waals surface area contributed by atoms with E-state index in [1.54, 1.807) is 11.1 Å². The predicted octanol–water partition coefficient (Wildman–Crippen LogP) is 6.67. The highest BCUT2D eigenvalue weighted by Gasteiger charge is 2.53. The van der Waals surface area contributed by atoms with Gasteiger partial charge in [-0.25, -0.2) is 14.6 Å². The molecule has 4 amide bonds. The Morgan fingerprint density at radius 1 is 0.738 bits per heavy atom. The van der Waals surface area contributed by atoms with E-state index < -0.39 is 36.1 Å². The second-order valence-electron chi connectivity index (χ2n) is 17.3. The van der Waals surface area contributed by atoms with Gasteiger partial charge in [0.1, 0.15) is 17.9 Å². The Morgan fingerprint density at radius 2 is 1.30 bits per heavy atom. The maximum atomic E-state index is 14.0. The number of ether oxygens (including phenoxy) is 4. The van der Waals surface area contributed by atoms with Gasteiger partial charge in [-0.05, 0) is 77.3 Å². The standard InChI is InChI=1S/C46H57N7O8/c1-26(2)37(50-44(56)58-5)42(54)52-20-8-11-35(52)40-33-10-7-9-32(33)39(49-40)31-18-14-29(15-19-31)28-12-16-30(17-13-28)34-24-47-41(48-34)36-23-46(60-21-22-61-46)25-53(36)43(55)38(27(3)4)51-45(57)59-6/h12-19,24,26-27,35-38,49H,7-11,20-23,25H2,1-6H3,(H,47,48)(H,50,56)(H,51,57)/t35-,36?,37-,38+/m0/s1. The number of benzene rings is 2. The van der Waals surface area contributed by atoms with Crippen molar-refractivity contribution in [3.8, 4) is 33.6 Å². The third-order valence-electron chi connectivity index (χ3n) is 12.8. The van der Waals surface area contributed by atoms with E-state index in [4.69, 9.17) is 23.9 Å². The smallest absolute Gasteiger partial charge is 0.407 e. The minimum atomic E-state index is -0.930. The molecule has 0 saturated carbocycles. The van der Waals surface area contributed by atoms with Crippen LogP contribution in [0.5, 0.6) is 0 Å². The van der Waals surface area contributed by atoms with E-state index in [0.29, 0.717) is 32.0 Å². The van der Waals surface area contributed by atoms with E-state index in [2.05, 4.69) is 69.1 Å². The Kier molecular flexibility index (Phi) is 12.0. The first kappa shape index (κ1) is 42.0. The zero-order chi connectivity index (χ0) is 43.0. The summed E-state index contributed by atoms with van der Waals surface area (Å²) >= 11 is 0. The molecule has 3 aliphatic heterocycles. The molecule has 2 aromatic carbocycles. The van der Waals surface area contributed by atoms with Crippen molar-refractivity contribution in [3.63, 3.8) is 0 Å². The minimum absolute atomic E-state index is 0.0725. The molecular weight excluding hydrogens is 779 g/mol. The third-order valence-corrected chi connectivity index (χ3v) is 12.8. The molecule has 61 heavy (non-hydrogen) atoms. The normalized spacial score (nSPS) is 20.3. The van der Waals surface area contributed by atoms with Gasteiger partial charge in [-0.15, -0.1) is 0 Å². The van der Waals surface area contributed by atoms with Gasteiger partial charge in [0, 0.05) is 24.4 Å². The molecule has 4 atom stereocenters. The van der Waals surface area contributed by atoms with Gasteiger partial charge in [0.05, 0.1) is 58.0 Å². The quantitative estimate of drug-likeness (QED) is 0.128. The fourth-order valence-electron chi connectivity index (χ4n) is 9.57. The van der Waals surface area contributed by atoms with Crippen LogP contribution in [-0.2, 0) is 41.4 Å². The van der Waals surface area contributed by atoms with E-state index in [1.807, 2.05) is 32.6 Å². The van der Waals surface area contributed by atoms with Crippen LogP contribution in [0.4, 0.5) is 9.59 Å². The molecule has 0 radical (unpaired) electrons. The molecule has 3 fully saturated rings. The average molecular weight is 836 g/mol. The van der Waals surface area contributed by atoms with Crippen molar-refractivity contribution in [1.82, 2.24) is 35.4 Å². The number of rotatable bonds is 11. The number of aromatic nitrogens is 3. The third kappa shape index (κ3) is 8.25. The molecule has 4 N–H and O–H groups in total. The Hall–Kier alpha value is -5.67. The number of carbonyl (C=O) groups is 4. The van der Waals surface area contributed by atoms with E-state index in [-0.39, 0.29) is 36.2 Å². The molecule has 4 aliphatic rings. The number of nitrogens with one attached hydrogen (secondary N) is 4. The highest BCUT2D eigenvalue weighted by atomic mass is 16.7. The lowest BCUT2D eigenvalue weighted by Crippen LogP contribution is -2.52. The monoisotopic (exact) mass is 835 g/mol. The SMILES string of the molecule is COC(=O)N[C@H](C(=O)N1CCC[C@H]1c1[nH]c(-c2ccc(-c3ccc(-c4cnc(C5CC6(CN5C(=O)[C@H](NC(=O)OC)C(C)C)OCCO6)[nH]4)cc3)cc2)c2c1CCC2)C(C)C. The fraction of sp³-hybridized carbons (Fsp3) is 0.500. The highest BCUT2D eigenvalue weighted by molar-refractivity contribution is 5.87. The number of carbonyl (C=O) groups excluding carboxylic acids is 4. The van der Waals surface area contributed by atoms with Crippen LogP contribution in [0.25, 0.3) is 33.6 Å². The molecule has 0 bridgehead atoms. The Morgan fingerprint density at radius 3 is 1.89 bits per heavy atom. The van der Waals surface area contributed by atoms with Crippen LogP contribution < -0.4 is 10.6 Å². The molecule has 3 saturated heterocycles. The van der Waals surface area contributed by atoms with E-state index in [1.165, 1.54) is 25.3 Å². The summed E-state index contributed by atoms with van der Waals surface area (Å²) in [5.74, 6) is -0.921. The Labute approximate surface area is 356 Å². The van der Waals surface area contributed by atoms with Crippen LogP contribution >= 0.6 is 0 Å². The molecule has 4 aromatic rings. The Bertz CT molecular complexity index is 2240. The van der Waals surface area contributed by atoms with Crippen molar-refractivity contribution >= 4 is 24.0 Å². The van der Waals surface area contributed by atoms with Crippen molar-refractivity contribution < 1.29 is 38.1 Å². The van der Waals surface area contributed by atoms with Gasteiger partial charge >= 0.3 is 12.2 Å². The first-order chi connectivity index (χ1) is 29.4. The molecule has 1 aliphatic carbocycles. The number of fused-ring (bicyclic) bond motifs is 1. The molecular formula is C46H57N7O8. The fourth-order valence-corrected chi connectivity index (χ4v) is 9.57. The molecule has 1 unspecified atom stereocenters. The van der Waals surface area contributed by atoms with Crippen LogP contribution in [0.1, 0.15) is 88.1 Å². The summed E-state index contributed by atoms with van der Waals surface area (Å²) in [4.78, 5) is 67.8. The summed E-state index contributed by atoms with van der Waals surface area (Å²) in [5.41, 5.74) is 9.90. The largest absolute Gasteiger partial charge is 0.453 e. The number of hydrogen-bond donors (Lipinski definition) is 4. The summed E-state index contributed by atoms with van der Waals surface area (Å²) < 4.78 is 21.7. The summed E-state index contributed by atoms with van der Waals surface area (Å²) in [7, 11) is 2.59. The van der Waals surface area contributed by atoms with Gasteiger partial charge in [-0.1, -0.05) is 76.2 Å². The van der Waals surface area contributed by atoms with Crippen LogP contribution in [0.3, 0.4) is 0 Å². The number of amides is 4. The van der Waals surface area contributed by atoms with E-state index in [0.717, 1.165) is 71.4 Å². The number of methoxy groups -OCH3 is 2. The first-order valence-corrected chi connectivity index (χ1v) is 21.5. The lowest BCUT2D eigenvalue weighted by molar-refractivity contribution is -0.153. The van der Waals surface area contributed by atoms with Crippen LogP contribution in [0, 0.1) is 11.8 Å². The van der Waals surface area contributed by atoms with Gasteiger partial charge in [0.15, 0.2) is 5.79 Å². The summed E-state index contributed by atoms with van der Waals surface area (Å²) in [6.45, 7) is 9.38. The van der Waals surface area contributed by atoms with Gasteiger partial charge in [-0.3, -0.25) is 9.59 Å². The lowest BCUT2D eigenvalue weighted by Gasteiger charge is -2.31. The molecule has 15 heteroatoms. The molecule has 324 valence electrons. The minimum Gasteiger partial charge on any atom is -0.453 e. The average Bonchev–Trinajstić information content (AvgIpc) is 4.13. The van der Waals surface area contributed by atoms with Crippen molar-refractivity contribution in [1.29, 1.82) is 0 Å². The maximum Gasteiger partial charge on any atom is 0.407 e. The zero-order valence-electron chi connectivity index (χ0n) is 35.8. The van der Waals surface area contributed by atoms with E-state index >= 15 is 0 Å². The highest BCUT2D eigenvalue weighted by Crippen LogP contribution is 2.44. The van der Waals surface area contributed by atoms with Crippen molar-refractivity contribution in [2.45, 2.75) is 96.2 Å². The number of alkyl carbamates (subject to hydrolysis) is 2. The number of nitrogens with zero attached hydrogens (tertiary/aromatic N) is 3. The van der Waals surface area contributed by atoms with E-state index in [9.17, 15) is 19.2 Å². The predicted molar refractivity (Wildman–Crippen MR) is 227 cm³/mol. The van der Waals surface area contributed by atoms with Gasteiger partial charge < -0.3 is 49.3 Å². The van der Waals surface area contributed by atoms with Crippen molar-refractivity contribution in [3.05, 3.63) is 77.4 Å². The van der Waals surface area contributed by atoms with Gasteiger partial charge in [-0.2, -0.15) is 0 Å². The first-order valence-electron chi connectivity index (χ1n) is 21.5.